The molecule has 0 radical (unpaired) electrons. The number of hydrogen-bond donors (Lipinski definition) is 0. The summed E-state index contributed by atoms with van der Waals surface area (Å²) < 4.78 is 0. The number of pyridine rings is 3. The van der Waals surface area contributed by atoms with E-state index in [0.717, 1.165) is 84.5 Å². The SMILES string of the molecule is c1ccc(-c2ccc(-c3nc(-c4ccccc4)c(-c4ccccc4)nc3-c3cccc(-c4cc(-c5ccccn5)nc(-c5ccccn5)c4)c3)cc2)cc1. The lowest BCUT2D eigenvalue weighted by atomic mass is 9.95. The second-order valence-electron chi connectivity index (χ2n) is 12.9. The fourth-order valence-corrected chi connectivity index (χ4v) is 6.72. The van der Waals surface area contributed by atoms with Gasteiger partial charge in [0.2, 0.25) is 0 Å². The van der Waals surface area contributed by atoms with Gasteiger partial charge in [-0.25, -0.2) is 15.0 Å². The molecule has 0 bridgehead atoms. The zero-order valence-corrected chi connectivity index (χ0v) is 29.3. The molecule has 0 aliphatic carbocycles. The summed E-state index contributed by atoms with van der Waals surface area (Å²) in [6, 6.07) is 64.2. The summed E-state index contributed by atoms with van der Waals surface area (Å²) in [4.78, 5) is 25.3. The molecule has 254 valence electrons. The minimum absolute atomic E-state index is 0.775. The molecule has 4 aromatic heterocycles. The molecular formula is C49H33N5. The van der Waals surface area contributed by atoms with Gasteiger partial charge in [-0.3, -0.25) is 9.97 Å². The maximum atomic E-state index is 5.52. The van der Waals surface area contributed by atoms with Crippen LogP contribution in [0, 0.1) is 0 Å². The Morgan fingerprint density at radius 2 is 0.611 bits per heavy atom. The Balaban J connectivity index is 1.24. The molecule has 9 rings (SSSR count). The summed E-state index contributed by atoms with van der Waals surface area (Å²) >= 11 is 0. The Kier molecular flexibility index (Phi) is 8.86. The van der Waals surface area contributed by atoms with E-state index in [2.05, 4.69) is 119 Å². The number of benzene rings is 5. The van der Waals surface area contributed by atoms with E-state index in [4.69, 9.17) is 15.0 Å². The van der Waals surface area contributed by atoms with Crippen LogP contribution in [0.2, 0.25) is 0 Å². The smallest absolute Gasteiger partial charge is 0.0973 e. The van der Waals surface area contributed by atoms with Crippen molar-refractivity contribution in [2.24, 2.45) is 0 Å². The van der Waals surface area contributed by atoms with Gasteiger partial charge in [-0.05, 0) is 64.7 Å². The number of nitrogens with zero attached hydrogens (tertiary/aromatic N) is 5. The van der Waals surface area contributed by atoms with Crippen molar-refractivity contribution in [3.8, 4) is 90.1 Å². The van der Waals surface area contributed by atoms with Crippen LogP contribution in [0.1, 0.15) is 0 Å². The molecule has 4 heterocycles. The van der Waals surface area contributed by atoms with E-state index in [1.54, 1.807) is 12.4 Å². The highest BCUT2D eigenvalue weighted by atomic mass is 14.9. The summed E-state index contributed by atoms with van der Waals surface area (Å²) in [5, 5.41) is 0. The van der Waals surface area contributed by atoms with E-state index in [1.807, 2.05) is 78.9 Å². The van der Waals surface area contributed by atoms with Gasteiger partial charge in [0.15, 0.2) is 0 Å². The van der Waals surface area contributed by atoms with Gasteiger partial charge in [-0.1, -0.05) is 146 Å². The van der Waals surface area contributed by atoms with Gasteiger partial charge in [-0.15, -0.1) is 0 Å². The van der Waals surface area contributed by atoms with Crippen LogP contribution >= 0.6 is 0 Å². The summed E-state index contributed by atoms with van der Waals surface area (Å²) in [6.45, 7) is 0. The highest BCUT2D eigenvalue weighted by Crippen LogP contribution is 2.39. The molecule has 5 heteroatoms. The predicted molar refractivity (Wildman–Crippen MR) is 219 cm³/mol. The van der Waals surface area contributed by atoms with Crippen LogP contribution in [0.4, 0.5) is 0 Å². The van der Waals surface area contributed by atoms with Crippen molar-refractivity contribution in [3.63, 3.8) is 0 Å². The van der Waals surface area contributed by atoms with Crippen molar-refractivity contribution in [1.82, 2.24) is 24.9 Å². The van der Waals surface area contributed by atoms with E-state index < -0.39 is 0 Å². The van der Waals surface area contributed by atoms with Crippen LogP contribution in [-0.4, -0.2) is 24.9 Å². The van der Waals surface area contributed by atoms with Gasteiger partial charge in [0, 0.05) is 34.6 Å². The maximum Gasteiger partial charge on any atom is 0.0973 e. The van der Waals surface area contributed by atoms with Crippen molar-refractivity contribution in [2.45, 2.75) is 0 Å². The molecule has 0 amide bonds. The van der Waals surface area contributed by atoms with Crippen LogP contribution in [0.3, 0.4) is 0 Å². The van der Waals surface area contributed by atoms with Crippen molar-refractivity contribution < 1.29 is 0 Å². The summed E-state index contributed by atoms with van der Waals surface area (Å²) in [6.07, 6.45) is 3.58. The second-order valence-corrected chi connectivity index (χ2v) is 12.9. The van der Waals surface area contributed by atoms with Gasteiger partial charge in [-0.2, -0.15) is 0 Å². The van der Waals surface area contributed by atoms with Crippen LogP contribution in [0.5, 0.6) is 0 Å². The third kappa shape index (κ3) is 6.70. The minimum atomic E-state index is 0.775. The highest BCUT2D eigenvalue weighted by molar-refractivity contribution is 5.88. The van der Waals surface area contributed by atoms with Gasteiger partial charge >= 0.3 is 0 Å². The molecule has 0 unspecified atom stereocenters. The van der Waals surface area contributed by atoms with Crippen molar-refractivity contribution in [3.05, 3.63) is 200 Å². The number of hydrogen-bond acceptors (Lipinski definition) is 5. The number of aromatic nitrogens is 5. The van der Waals surface area contributed by atoms with E-state index in [-0.39, 0.29) is 0 Å². The average Bonchev–Trinajstić information content (AvgIpc) is 3.27. The van der Waals surface area contributed by atoms with E-state index in [1.165, 1.54) is 5.56 Å². The normalized spacial score (nSPS) is 11.0. The van der Waals surface area contributed by atoms with Crippen molar-refractivity contribution in [1.29, 1.82) is 0 Å². The molecule has 54 heavy (non-hydrogen) atoms. The highest BCUT2D eigenvalue weighted by Gasteiger charge is 2.20. The molecule has 9 aromatic rings. The first-order valence-corrected chi connectivity index (χ1v) is 17.9. The summed E-state index contributed by atoms with van der Waals surface area (Å²) in [7, 11) is 0. The lowest BCUT2D eigenvalue weighted by Gasteiger charge is -2.17. The predicted octanol–water partition coefficient (Wildman–Crippen LogP) is 12.0. The molecule has 0 spiro atoms. The molecule has 5 aromatic carbocycles. The van der Waals surface area contributed by atoms with Crippen LogP contribution < -0.4 is 0 Å². The molecule has 0 saturated heterocycles. The standard InChI is InChI=1S/C49H33N5/c1-4-15-34(16-5-1)35-25-27-38(28-26-35)48-49(54-47(37-19-8-3-9-20-37)46(53-48)36-17-6-2-7-18-36)40-22-14-21-39(31-40)41-32-44(42-23-10-12-29-50-42)52-45(33-41)43-24-11-13-30-51-43/h1-33H. The van der Waals surface area contributed by atoms with E-state index in [9.17, 15) is 0 Å². The maximum absolute atomic E-state index is 5.52. The molecule has 5 nitrogen and oxygen atoms in total. The Bertz CT molecular complexity index is 2610. The molecule has 0 N–H and O–H groups in total. The Labute approximate surface area is 314 Å². The van der Waals surface area contributed by atoms with Gasteiger partial charge in [0.25, 0.3) is 0 Å². The lowest BCUT2D eigenvalue weighted by Crippen LogP contribution is -2.01. The lowest BCUT2D eigenvalue weighted by molar-refractivity contribution is 1.21. The van der Waals surface area contributed by atoms with Crippen molar-refractivity contribution in [2.75, 3.05) is 0 Å². The Morgan fingerprint density at radius 3 is 1.11 bits per heavy atom. The Morgan fingerprint density at radius 1 is 0.222 bits per heavy atom. The number of rotatable bonds is 8. The van der Waals surface area contributed by atoms with Gasteiger partial charge < -0.3 is 0 Å². The fourth-order valence-electron chi connectivity index (χ4n) is 6.72. The first-order valence-electron chi connectivity index (χ1n) is 17.9. The summed E-state index contributed by atoms with van der Waals surface area (Å²) in [5.41, 5.74) is 14.7. The third-order valence-electron chi connectivity index (χ3n) is 9.41. The minimum Gasteiger partial charge on any atom is -0.255 e. The zero-order chi connectivity index (χ0) is 36.1. The quantitative estimate of drug-likeness (QED) is 0.159. The first kappa shape index (κ1) is 32.5. The molecule has 0 atom stereocenters. The summed E-state index contributed by atoms with van der Waals surface area (Å²) in [5.74, 6) is 0. The largest absolute Gasteiger partial charge is 0.255 e. The monoisotopic (exact) mass is 691 g/mol. The molecular weight excluding hydrogens is 659 g/mol. The van der Waals surface area contributed by atoms with Crippen molar-refractivity contribution >= 4 is 0 Å². The van der Waals surface area contributed by atoms with Gasteiger partial charge in [0.1, 0.15) is 0 Å². The molecule has 0 fully saturated rings. The Hall–Kier alpha value is -7.37. The van der Waals surface area contributed by atoms with Crippen LogP contribution in [-0.2, 0) is 0 Å². The van der Waals surface area contributed by atoms with Crippen LogP contribution in [0.15, 0.2) is 200 Å². The average molecular weight is 692 g/mol. The first-order chi connectivity index (χ1) is 26.8. The van der Waals surface area contributed by atoms with Gasteiger partial charge in [0.05, 0.1) is 45.6 Å². The molecule has 0 saturated carbocycles. The van der Waals surface area contributed by atoms with Crippen LogP contribution in [0.25, 0.3) is 90.1 Å². The van der Waals surface area contributed by atoms with E-state index in [0.29, 0.717) is 0 Å². The molecule has 0 aliphatic heterocycles. The third-order valence-corrected chi connectivity index (χ3v) is 9.41. The topological polar surface area (TPSA) is 64.5 Å². The fraction of sp³-hybridized carbons (Fsp3) is 0. The molecule has 0 aliphatic rings. The van der Waals surface area contributed by atoms with E-state index >= 15 is 0 Å². The second kappa shape index (κ2) is 14.7. The zero-order valence-electron chi connectivity index (χ0n) is 29.3.